The first-order valence-electron chi connectivity index (χ1n) is 4.20. The zero-order chi connectivity index (χ0) is 11.3. The molecule has 6 heteroatoms. The van der Waals surface area contributed by atoms with Crippen LogP contribution in [0.15, 0.2) is 24.3 Å². The minimum absolute atomic E-state index is 0.0566. The molecule has 0 aromatic heterocycles. The van der Waals surface area contributed by atoms with Gasteiger partial charge in [-0.25, -0.2) is 11.3 Å². The lowest BCUT2D eigenvalue weighted by atomic mass is 10.1. The van der Waals surface area contributed by atoms with Gasteiger partial charge in [0.15, 0.2) is 0 Å². The Bertz CT molecular complexity index is 361. The molecule has 0 heterocycles. The summed E-state index contributed by atoms with van der Waals surface area (Å²) in [5.41, 5.74) is 4.62. The predicted octanol–water partition coefficient (Wildman–Crippen LogP) is -0.662. The van der Waals surface area contributed by atoms with Gasteiger partial charge in [0.2, 0.25) is 5.91 Å². The van der Waals surface area contributed by atoms with Crippen molar-refractivity contribution in [1.82, 2.24) is 10.9 Å². The number of rotatable bonds is 3. The zero-order valence-electron chi connectivity index (χ0n) is 7.86. The van der Waals surface area contributed by atoms with E-state index < -0.39 is 11.8 Å². The Morgan fingerprint density at radius 3 is 2.33 bits per heavy atom. The average Bonchev–Trinajstić information content (AvgIpc) is 2.29. The number of hydrazine groups is 1. The van der Waals surface area contributed by atoms with Crippen LogP contribution in [0.25, 0.3) is 0 Å². The fourth-order valence-corrected chi connectivity index (χ4v) is 1.08. The highest BCUT2D eigenvalue weighted by Gasteiger charge is 2.04. The molecule has 80 valence electrons. The number of hydrogen-bond acceptors (Lipinski definition) is 4. The van der Waals surface area contributed by atoms with Crippen LogP contribution in [-0.4, -0.2) is 17.0 Å². The Morgan fingerprint density at radius 1 is 1.27 bits per heavy atom. The largest absolute Gasteiger partial charge is 0.290 e. The first-order valence-corrected chi connectivity index (χ1v) is 4.20. The highest BCUT2D eigenvalue weighted by molar-refractivity contribution is 5.93. The van der Waals surface area contributed by atoms with Crippen LogP contribution in [-0.2, 0) is 11.2 Å². The summed E-state index contributed by atoms with van der Waals surface area (Å²) in [5.74, 6) is 4.04. The third-order valence-corrected chi connectivity index (χ3v) is 1.84. The molecule has 15 heavy (non-hydrogen) atoms. The molecule has 5 N–H and O–H groups in total. The van der Waals surface area contributed by atoms with E-state index in [2.05, 4.69) is 0 Å². The van der Waals surface area contributed by atoms with Crippen molar-refractivity contribution in [3.8, 4) is 0 Å². The van der Waals surface area contributed by atoms with Gasteiger partial charge in [0, 0.05) is 5.56 Å². The fraction of sp³-hybridized carbons (Fsp3) is 0.111. The van der Waals surface area contributed by atoms with E-state index in [0.717, 1.165) is 0 Å². The van der Waals surface area contributed by atoms with Gasteiger partial charge in [-0.3, -0.25) is 20.2 Å². The second kappa shape index (κ2) is 5.08. The molecule has 0 spiro atoms. The molecular formula is C9H11N3O3. The van der Waals surface area contributed by atoms with Crippen molar-refractivity contribution in [3.63, 3.8) is 0 Å². The first kappa shape index (κ1) is 11.2. The lowest BCUT2D eigenvalue weighted by Gasteiger charge is -2.02. The average molecular weight is 209 g/mol. The number of carbonyl (C=O) groups is 2. The third kappa shape index (κ3) is 3.04. The van der Waals surface area contributed by atoms with E-state index in [-0.39, 0.29) is 6.42 Å². The summed E-state index contributed by atoms with van der Waals surface area (Å²) in [6.45, 7) is 0. The summed E-state index contributed by atoms with van der Waals surface area (Å²) in [6.07, 6.45) is 0.0566. The highest BCUT2D eigenvalue weighted by Crippen LogP contribution is 2.04. The summed E-state index contributed by atoms with van der Waals surface area (Å²) >= 11 is 0. The molecule has 1 aromatic rings. The molecule has 0 aliphatic heterocycles. The minimum atomic E-state index is -0.508. The van der Waals surface area contributed by atoms with Crippen LogP contribution >= 0.6 is 0 Å². The molecule has 6 nitrogen and oxygen atoms in total. The summed E-state index contributed by atoms with van der Waals surface area (Å²) < 4.78 is 0. The van der Waals surface area contributed by atoms with Crippen molar-refractivity contribution in [3.05, 3.63) is 35.4 Å². The number of hydrogen-bond donors (Lipinski definition) is 4. The van der Waals surface area contributed by atoms with Crippen molar-refractivity contribution < 1.29 is 14.8 Å². The molecule has 0 bridgehead atoms. The second-order valence-corrected chi connectivity index (χ2v) is 2.88. The lowest BCUT2D eigenvalue weighted by molar-refractivity contribution is -0.128. The van der Waals surface area contributed by atoms with Gasteiger partial charge in [-0.15, -0.1) is 0 Å². The van der Waals surface area contributed by atoms with Crippen LogP contribution in [0.3, 0.4) is 0 Å². The summed E-state index contributed by atoms with van der Waals surface area (Å²) in [7, 11) is 0. The van der Waals surface area contributed by atoms with Crippen molar-refractivity contribution in [2.24, 2.45) is 5.84 Å². The van der Waals surface area contributed by atoms with E-state index in [1.165, 1.54) is 5.48 Å². The van der Waals surface area contributed by atoms with E-state index in [1.807, 2.05) is 5.43 Å². The zero-order valence-corrected chi connectivity index (χ0v) is 7.86. The van der Waals surface area contributed by atoms with Crippen LogP contribution < -0.4 is 16.7 Å². The molecule has 0 atom stereocenters. The van der Waals surface area contributed by atoms with Gasteiger partial charge in [-0.05, 0) is 17.7 Å². The Kier molecular flexibility index (Phi) is 3.78. The molecule has 0 saturated carbocycles. The van der Waals surface area contributed by atoms with E-state index in [9.17, 15) is 9.59 Å². The van der Waals surface area contributed by atoms with E-state index >= 15 is 0 Å². The Balaban J connectivity index is 2.72. The number of hydroxylamine groups is 1. The van der Waals surface area contributed by atoms with Crippen LogP contribution in [0.5, 0.6) is 0 Å². The van der Waals surface area contributed by atoms with Crippen molar-refractivity contribution >= 4 is 11.8 Å². The first-order chi connectivity index (χ1) is 7.17. The van der Waals surface area contributed by atoms with E-state index in [4.69, 9.17) is 11.0 Å². The molecular weight excluding hydrogens is 198 g/mol. The summed E-state index contributed by atoms with van der Waals surface area (Å²) in [4.78, 5) is 21.8. The van der Waals surface area contributed by atoms with Gasteiger partial charge in [0.1, 0.15) is 0 Å². The lowest BCUT2D eigenvalue weighted by Crippen LogP contribution is -2.29. The molecule has 0 radical (unpaired) electrons. The second-order valence-electron chi connectivity index (χ2n) is 2.88. The predicted molar refractivity (Wildman–Crippen MR) is 51.7 cm³/mol. The number of nitrogens with two attached hydrogens (primary N) is 1. The number of benzene rings is 1. The summed E-state index contributed by atoms with van der Waals surface area (Å²) in [5, 5.41) is 8.30. The number of amides is 2. The van der Waals surface area contributed by atoms with E-state index in [0.29, 0.717) is 11.1 Å². The maximum atomic E-state index is 11.0. The van der Waals surface area contributed by atoms with Gasteiger partial charge in [-0.1, -0.05) is 12.1 Å². The van der Waals surface area contributed by atoms with Gasteiger partial charge in [0.25, 0.3) is 5.91 Å². The Morgan fingerprint density at radius 2 is 1.87 bits per heavy atom. The van der Waals surface area contributed by atoms with Crippen molar-refractivity contribution in [1.29, 1.82) is 0 Å². The molecule has 0 aliphatic carbocycles. The van der Waals surface area contributed by atoms with Gasteiger partial charge >= 0.3 is 0 Å². The van der Waals surface area contributed by atoms with Gasteiger partial charge in [-0.2, -0.15) is 0 Å². The van der Waals surface area contributed by atoms with Crippen LogP contribution in [0.2, 0.25) is 0 Å². The third-order valence-electron chi connectivity index (χ3n) is 1.84. The van der Waals surface area contributed by atoms with Gasteiger partial charge in [0.05, 0.1) is 6.42 Å². The van der Waals surface area contributed by atoms with Crippen molar-refractivity contribution in [2.45, 2.75) is 6.42 Å². The van der Waals surface area contributed by atoms with E-state index in [1.54, 1.807) is 24.3 Å². The Labute approximate surface area is 86.0 Å². The maximum Gasteiger partial charge on any atom is 0.265 e. The Hall–Kier alpha value is -1.92. The topological polar surface area (TPSA) is 104 Å². The van der Waals surface area contributed by atoms with Crippen LogP contribution in [0.1, 0.15) is 15.9 Å². The minimum Gasteiger partial charge on any atom is -0.290 e. The van der Waals surface area contributed by atoms with Crippen LogP contribution in [0, 0.1) is 0 Å². The van der Waals surface area contributed by atoms with Gasteiger partial charge < -0.3 is 0 Å². The smallest absolute Gasteiger partial charge is 0.265 e. The summed E-state index contributed by atoms with van der Waals surface area (Å²) in [6, 6.07) is 6.31. The number of carbonyl (C=O) groups excluding carboxylic acids is 2. The number of nitrogens with one attached hydrogen (secondary N) is 2. The molecule has 0 fully saturated rings. The van der Waals surface area contributed by atoms with Crippen LogP contribution in [0.4, 0.5) is 0 Å². The molecule has 0 aliphatic rings. The molecule has 0 saturated heterocycles. The number of nitrogen functional groups attached to an aromatic ring is 1. The highest BCUT2D eigenvalue weighted by atomic mass is 16.5. The quantitative estimate of drug-likeness (QED) is 0.229. The maximum absolute atomic E-state index is 11.0. The van der Waals surface area contributed by atoms with Crippen molar-refractivity contribution in [2.75, 3.05) is 0 Å². The fourth-order valence-electron chi connectivity index (χ4n) is 1.08. The monoisotopic (exact) mass is 209 g/mol. The molecule has 1 aromatic carbocycles. The normalized spacial score (nSPS) is 9.47. The molecule has 1 rings (SSSR count). The standard InChI is InChI=1S/C9H11N3O3/c10-11-9(14)7-3-1-6(2-4-7)5-8(13)12-15/h1-4,15H,5,10H2,(H,11,14)(H,12,13). The molecule has 2 amide bonds. The molecule has 0 unspecified atom stereocenters. The SMILES string of the molecule is NNC(=O)c1ccc(CC(=O)NO)cc1.